The molecular weight excluding hydrogens is 837 g/mol. The van der Waals surface area contributed by atoms with Crippen LogP contribution in [0, 0.1) is 20.8 Å². The van der Waals surface area contributed by atoms with Gasteiger partial charge in [-0.25, -0.2) is 14.4 Å². The van der Waals surface area contributed by atoms with Crippen molar-refractivity contribution in [2.24, 2.45) is 0 Å². The van der Waals surface area contributed by atoms with E-state index in [4.69, 9.17) is 18.9 Å². The molecule has 0 aliphatic carbocycles. The van der Waals surface area contributed by atoms with Gasteiger partial charge in [-0.3, -0.25) is 0 Å². The quantitative estimate of drug-likeness (QED) is 0.0422. The summed E-state index contributed by atoms with van der Waals surface area (Å²) in [5.41, 5.74) is 15.4. The topological polar surface area (TPSA) is 94.6 Å². The number of aryl methyl sites for hydroxylation is 3. The van der Waals surface area contributed by atoms with Crippen LogP contribution in [0.4, 0.5) is 34.1 Å². The van der Waals surface area contributed by atoms with E-state index in [2.05, 4.69) is 178 Å². The van der Waals surface area contributed by atoms with Crippen molar-refractivity contribution in [3.05, 3.63) is 197 Å². The maximum absolute atomic E-state index is 12.0. The van der Waals surface area contributed by atoms with Gasteiger partial charge in [0, 0.05) is 64.4 Å². The Balaban J connectivity index is 1.31. The van der Waals surface area contributed by atoms with Gasteiger partial charge in [-0.05, 0) is 159 Å². The average molecular weight is 897 g/mol. The summed E-state index contributed by atoms with van der Waals surface area (Å²) in [4.78, 5) is 40.3. The second-order valence-electron chi connectivity index (χ2n) is 16.8. The lowest BCUT2D eigenvalue weighted by Gasteiger charge is -2.29. The Morgan fingerprint density at radius 2 is 0.806 bits per heavy atom. The van der Waals surface area contributed by atoms with Crippen molar-refractivity contribution in [1.29, 1.82) is 0 Å². The third-order valence-electron chi connectivity index (χ3n) is 11.4. The van der Waals surface area contributed by atoms with Crippen LogP contribution in [-0.2, 0) is 47.9 Å². The van der Waals surface area contributed by atoms with Crippen LogP contribution in [0.1, 0.15) is 54.2 Å². The number of carbonyl (C=O) groups excluding carboxylic acids is 3. The van der Waals surface area contributed by atoms with Crippen LogP contribution in [0.25, 0.3) is 11.1 Å². The first-order chi connectivity index (χ1) is 32.1. The van der Waals surface area contributed by atoms with Crippen molar-refractivity contribution in [1.82, 2.24) is 0 Å². The maximum Gasteiger partial charge on any atom is 0.333 e. The monoisotopic (exact) mass is 896 g/mol. The third-order valence-corrected chi connectivity index (χ3v) is 11.4. The molecule has 0 aromatic heterocycles. The van der Waals surface area contributed by atoms with Crippen molar-refractivity contribution in [3.63, 3.8) is 0 Å². The van der Waals surface area contributed by atoms with Gasteiger partial charge in [-0.1, -0.05) is 74.3 Å². The highest BCUT2D eigenvalue weighted by atomic mass is 16.5. The highest BCUT2D eigenvalue weighted by molar-refractivity contribution is 5.88. The Kier molecular flexibility index (Phi) is 16.4. The second kappa shape index (κ2) is 22.5. The van der Waals surface area contributed by atoms with Crippen molar-refractivity contribution in [2.75, 3.05) is 36.7 Å². The number of rotatable bonds is 20. The molecule has 0 aliphatic rings. The molecule has 0 bridgehead atoms. The molecule has 0 aliphatic heterocycles. The minimum atomic E-state index is -0.395. The van der Waals surface area contributed by atoms with Crippen LogP contribution >= 0.6 is 0 Å². The number of anilines is 6. The molecule has 0 amide bonds. The molecule has 0 saturated heterocycles. The van der Waals surface area contributed by atoms with Gasteiger partial charge >= 0.3 is 17.9 Å². The molecule has 0 spiro atoms. The van der Waals surface area contributed by atoms with E-state index >= 15 is 0 Å². The number of ether oxygens (including phenoxy) is 4. The van der Waals surface area contributed by atoms with E-state index in [1.807, 2.05) is 0 Å². The molecule has 6 aromatic carbocycles. The van der Waals surface area contributed by atoms with E-state index in [1.54, 1.807) is 27.9 Å². The number of carbonyl (C=O) groups is 3. The smallest absolute Gasteiger partial charge is 0.333 e. The van der Waals surface area contributed by atoms with Gasteiger partial charge < -0.3 is 28.7 Å². The van der Waals surface area contributed by atoms with Gasteiger partial charge in [-0.2, -0.15) is 0 Å². The molecule has 6 aromatic rings. The molecule has 0 atom stereocenters. The number of hydrogen-bond donors (Lipinski definition) is 0. The fourth-order valence-corrected chi connectivity index (χ4v) is 7.44. The lowest BCUT2D eigenvalue weighted by Crippen LogP contribution is -2.12. The SMILES string of the molecule is C=C(C)C(=O)OCCc1ccc(N(c2ccc(CCOC(=O)C(=C)C)cc2)c2ccc(-c3ccc(N(c4ccc(CCOC(=O)C(=C)C)cc4)c4ccc(C)c(C)c4)c(OC)c3)cc2C)cc1. The van der Waals surface area contributed by atoms with Crippen molar-refractivity contribution in [3.8, 4) is 16.9 Å². The summed E-state index contributed by atoms with van der Waals surface area (Å²) in [5.74, 6) is -0.471. The zero-order chi connectivity index (χ0) is 48.2. The molecule has 0 saturated carbocycles. The van der Waals surface area contributed by atoms with Crippen LogP contribution < -0.4 is 14.5 Å². The second-order valence-corrected chi connectivity index (χ2v) is 16.8. The Labute approximate surface area is 395 Å². The van der Waals surface area contributed by atoms with E-state index < -0.39 is 11.9 Å². The van der Waals surface area contributed by atoms with Crippen LogP contribution in [0.3, 0.4) is 0 Å². The zero-order valence-electron chi connectivity index (χ0n) is 39.7. The van der Waals surface area contributed by atoms with Crippen molar-refractivity contribution >= 4 is 52.0 Å². The van der Waals surface area contributed by atoms with Gasteiger partial charge in [0.15, 0.2) is 0 Å². The van der Waals surface area contributed by atoms with Crippen LogP contribution in [-0.4, -0.2) is 44.8 Å². The molecule has 0 fully saturated rings. The molecule has 0 radical (unpaired) electrons. The number of methoxy groups -OCH3 is 1. The van der Waals surface area contributed by atoms with Crippen LogP contribution in [0.15, 0.2) is 164 Å². The highest BCUT2D eigenvalue weighted by Gasteiger charge is 2.21. The van der Waals surface area contributed by atoms with Gasteiger partial charge in [0.25, 0.3) is 0 Å². The van der Waals surface area contributed by atoms with Gasteiger partial charge in [-0.15, -0.1) is 0 Å². The fourth-order valence-electron chi connectivity index (χ4n) is 7.44. The summed E-state index contributed by atoms with van der Waals surface area (Å²) in [6, 6.07) is 44.0. The van der Waals surface area contributed by atoms with Gasteiger partial charge in [0.1, 0.15) is 5.75 Å². The van der Waals surface area contributed by atoms with Gasteiger partial charge in [0.05, 0.1) is 32.6 Å². The summed E-state index contributed by atoms with van der Waals surface area (Å²) in [6.45, 7) is 23.1. The standard InChI is InChI=1S/C58H60N2O7/c1-38(2)56(61)65-32-29-44-12-21-49(22-13-44)59(50-23-14-45(15-24-50)30-33-66-57(62)39(3)4)53-27-18-47(35-43(53)9)48-19-28-54(55(37-48)64-10)60(52-20-11-41(7)42(8)36-52)51-25-16-46(17-26-51)31-34-67-58(63)40(5)6/h11-28,35-37H,1,3,5,29-34H2,2,4,6-10H3. The highest BCUT2D eigenvalue weighted by Crippen LogP contribution is 2.44. The summed E-state index contributed by atoms with van der Waals surface area (Å²) in [5, 5.41) is 0. The predicted molar refractivity (Wildman–Crippen MR) is 270 cm³/mol. The minimum absolute atomic E-state index is 0.263. The molecule has 344 valence electrons. The van der Waals surface area contributed by atoms with E-state index in [0.717, 1.165) is 67.5 Å². The fraction of sp³-hybridized carbons (Fsp3) is 0.224. The number of benzene rings is 6. The Hall–Kier alpha value is -7.65. The minimum Gasteiger partial charge on any atom is -0.495 e. The summed E-state index contributed by atoms with van der Waals surface area (Å²) in [6.07, 6.45) is 1.73. The molecule has 0 heterocycles. The molecule has 9 nitrogen and oxygen atoms in total. The lowest BCUT2D eigenvalue weighted by atomic mass is 9.99. The van der Waals surface area contributed by atoms with Crippen LogP contribution in [0.5, 0.6) is 5.75 Å². The van der Waals surface area contributed by atoms with E-state index in [1.165, 1.54) is 11.1 Å². The molecule has 6 rings (SSSR count). The predicted octanol–water partition coefficient (Wildman–Crippen LogP) is 13.2. The van der Waals surface area contributed by atoms with E-state index in [0.29, 0.717) is 41.7 Å². The summed E-state index contributed by atoms with van der Waals surface area (Å²) in [7, 11) is 1.70. The largest absolute Gasteiger partial charge is 0.495 e. The van der Waals surface area contributed by atoms with Gasteiger partial charge in [0.2, 0.25) is 0 Å². The first-order valence-corrected chi connectivity index (χ1v) is 22.3. The molecule has 0 unspecified atom stereocenters. The van der Waals surface area contributed by atoms with E-state index in [-0.39, 0.29) is 25.8 Å². The Morgan fingerprint density at radius 3 is 1.18 bits per heavy atom. The molecular formula is C58H60N2O7. The van der Waals surface area contributed by atoms with E-state index in [9.17, 15) is 14.4 Å². The molecule has 9 heteroatoms. The number of esters is 3. The first-order valence-electron chi connectivity index (χ1n) is 22.3. The lowest BCUT2D eigenvalue weighted by molar-refractivity contribution is -0.139. The summed E-state index contributed by atoms with van der Waals surface area (Å²) < 4.78 is 22.2. The molecule has 67 heavy (non-hydrogen) atoms. The average Bonchev–Trinajstić information content (AvgIpc) is 3.32. The Bertz CT molecular complexity index is 2700. The maximum atomic E-state index is 12.0. The third kappa shape index (κ3) is 12.6. The zero-order valence-corrected chi connectivity index (χ0v) is 39.7. The normalized spacial score (nSPS) is 10.7. The number of hydrogen-bond acceptors (Lipinski definition) is 9. The summed E-state index contributed by atoms with van der Waals surface area (Å²) >= 11 is 0. The van der Waals surface area contributed by atoms with Crippen LogP contribution in [0.2, 0.25) is 0 Å². The molecule has 0 N–H and O–H groups in total. The van der Waals surface area contributed by atoms with Crippen molar-refractivity contribution < 1.29 is 33.3 Å². The Morgan fingerprint density at radius 1 is 0.433 bits per heavy atom. The number of nitrogens with zero attached hydrogens (tertiary/aromatic N) is 2. The van der Waals surface area contributed by atoms with Crippen molar-refractivity contribution in [2.45, 2.75) is 60.8 Å². The first kappa shape index (κ1) is 48.8.